The Morgan fingerprint density at radius 2 is 1.67 bits per heavy atom. The summed E-state index contributed by atoms with van der Waals surface area (Å²) in [6, 6.07) is 13.3. The van der Waals surface area contributed by atoms with Crippen LogP contribution in [0.3, 0.4) is 0 Å². The van der Waals surface area contributed by atoms with Gasteiger partial charge in [-0.05, 0) is 47.7 Å². The zero-order chi connectivity index (χ0) is 12.7. The first-order valence-electron chi connectivity index (χ1n) is 6.53. The second kappa shape index (κ2) is 4.16. The van der Waals surface area contributed by atoms with E-state index in [1.54, 1.807) is 7.11 Å². The molecule has 0 heterocycles. The molecular formula is C17H18O. The van der Waals surface area contributed by atoms with Gasteiger partial charge in [0.05, 0.1) is 7.11 Å². The summed E-state index contributed by atoms with van der Waals surface area (Å²) in [7, 11) is 1.73. The summed E-state index contributed by atoms with van der Waals surface area (Å²) in [5.74, 6) is 1.49. The summed E-state index contributed by atoms with van der Waals surface area (Å²) in [5, 5.41) is 0. The molecule has 0 saturated carbocycles. The Hall–Kier alpha value is -1.76. The molecule has 3 rings (SSSR count). The van der Waals surface area contributed by atoms with Crippen molar-refractivity contribution in [3.05, 3.63) is 53.1 Å². The van der Waals surface area contributed by atoms with Gasteiger partial charge in [0.1, 0.15) is 5.75 Å². The average Bonchev–Trinajstić information content (AvgIpc) is 2.71. The lowest BCUT2D eigenvalue weighted by atomic mass is 9.94. The highest BCUT2D eigenvalue weighted by Crippen LogP contribution is 2.47. The van der Waals surface area contributed by atoms with Gasteiger partial charge in [-0.25, -0.2) is 0 Å². The minimum atomic E-state index is 0.543. The van der Waals surface area contributed by atoms with E-state index in [4.69, 9.17) is 4.74 Å². The number of fused-ring (bicyclic) bond motifs is 3. The molecule has 92 valence electrons. The number of rotatable bonds is 2. The molecule has 18 heavy (non-hydrogen) atoms. The average molecular weight is 238 g/mol. The summed E-state index contributed by atoms with van der Waals surface area (Å²) < 4.78 is 5.35. The molecule has 0 fully saturated rings. The predicted octanol–water partition coefficient (Wildman–Crippen LogP) is 4.53. The van der Waals surface area contributed by atoms with Crippen molar-refractivity contribution in [2.75, 3.05) is 7.11 Å². The van der Waals surface area contributed by atoms with E-state index in [9.17, 15) is 0 Å². The maximum Gasteiger partial charge on any atom is 0.119 e. The van der Waals surface area contributed by atoms with Gasteiger partial charge in [-0.15, -0.1) is 0 Å². The van der Waals surface area contributed by atoms with E-state index < -0.39 is 0 Å². The third-order valence-electron chi connectivity index (χ3n) is 3.92. The molecule has 0 bridgehead atoms. The van der Waals surface area contributed by atoms with E-state index in [0.717, 1.165) is 12.2 Å². The van der Waals surface area contributed by atoms with Crippen molar-refractivity contribution in [2.24, 2.45) is 0 Å². The lowest BCUT2D eigenvalue weighted by Crippen LogP contribution is -1.94. The lowest BCUT2D eigenvalue weighted by Gasteiger charge is -2.10. The number of hydrogen-bond donors (Lipinski definition) is 0. The third kappa shape index (κ3) is 1.54. The number of aryl methyl sites for hydroxylation is 1. The largest absolute Gasteiger partial charge is 0.497 e. The van der Waals surface area contributed by atoms with Crippen LogP contribution in [0.15, 0.2) is 36.4 Å². The molecule has 0 aromatic heterocycles. The van der Waals surface area contributed by atoms with E-state index in [0.29, 0.717) is 5.92 Å². The Balaban J connectivity index is 2.26. The van der Waals surface area contributed by atoms with Crippen LogP contribution in [0.25, 0.3) is 11.1 Å². The summed E-state index contributed by atoms with van der Waals surface area (Å²) in [6.45, 7) is 4.41. The molecule has 0 amide bonds. The molecule has 1 nitrogen and oxygen atoms in total. The fourth-order valence-electron chi connectivity index (χ4n) is 3.01. The van der Waals surface area contributed by atoms with Gasteiger partial charge >= 0.3 is 0 Å². The van der Waals surface area contributed by atoms with E-state index in [-0.39, 0.29) is 0 Å². The molecular weight excluding hydrogens is 220 g/mol. The summed E-state index contributed by atoms with van der Waals surface area (Å²) in [4.78, 5) is 0. The molecule has 1 aliphatic rings. The zero-order valence-electron chi connectivity index (χ0n) is 11.2. The SMILES string of the molecule is CCC1c2ccc(C)cc2-c2cc(OC)ccc21. The predicted molar refractivity (Wildman–Crippen MR) is 75.3 cm³/mol. The molecule has 1 aliphatic carbocycles. The zero-order valence-corrected chi connectivity index (χ0v) is 11.2. The summed E-state index contributed by atoms with van der Waals surface area (Å²) in [6.07, 6.45) is 1.15. The Labute approximate surface area is 108 Å². The van der Waals surface area contributed by atoms with Gasteiger partial charge in [0, 0.05) is 5.92 Å². The number of benzene rings is 2. The van der Waals surface area contributed by atoms with Crippen LogP contribution in [-0.2, 0) is 0 Å². The maximum absolute atomic E-state index is 5.35. The van der Waals surface area contributed by atoms with Crippen molar-refractivity contribution >= 4 is 0 Å². The molecule has 2 aromatic carbocycles. The molecule has 1 unspecified atom stereocenters. The number of hydrogen-bond acceptors (Lipinski definition) is 1. The molecule has 0 saturated heterocycles. The lowest BCUT2D eigenvalue weighted by molar-refractivity contribution is 0.415. The molecule has 0 radical (unpaired) electrons. The van der Waals surface area contributed by atoms with Crippen molar-refractivity contribution < 1.29 is 4.74 Å². The van der Waals surface area contributed by atoms with Gasteiger partial charge in [0.15, 0.2) is 0 Å². The fraction of sp³-hybridized carbons (Fsp3) is 0.294. The number of ether oxygens (including phenoxy) is 1. The van der Waals surface area contributed by atoms with Crippen LogP contribution in [0.2, 0.25) is 0 Å². The highest BCUT2D eigenvalue weighted by molar-refractivity contribution is 5.80. The van der Waals surface area contributed by atoms with Gasteiger partial charge in [-0.2, -0.15) is 0 Å². The molecule has 1 atom stereocenters. The first-order valence-corrected chi connectivity index (χ1v) is 6.53. The second-order valence-electron chi connectivity index (χ2n) is 5.00. The van der Waals surface area contributed by atoms with Crippen molar-refractivity contribution in [2.45, 2.75) is 26.2 Å². The normalized spacial score (nSPS) is 16.3. The topological polar surface area (TPSA) is 9.23 Å². The van der Waals surface area contributed by atoms with Crippen molar-refractivity contribution in [1.29, 1.82) is 0 Å². The van der Waals surface area contributed by atoms with Crippen LogP contribution in [0.5, 0.6) is 5.75 Å². The highest BCUT2D eigenvalue weighted by Gasteiger charge is 2.27. The third-order valence-corrected chi connectivity index (χ3v) is 3.92. The quantitative estimate of drug-likeness (QED) is 0.747. The van der Waals surface area contributed by atoms with Crippen LogP contribution in [0, 0.1) is 6.92 Å². The first kappa shape index (κ1) is 11.3. The van der Waals surface area contributed by atoms with Crippen LogP contribution in [0.4, 0.5) is 0 Å². The maximum atomic E-state index is 5.35. The van der Waals surface area contributed by atoms with Gasteiger partial charge < -0.3 is 4.74 Å². The van der Waals surface area contributed by atoms with Crippen molar-refractivity contribution in [3.63, 3.8) is 0 Å². The molecule has 2 aromatic rings. The Morgan fingerprint density at radius 3 is 2.33 bits per heavy atom. The number of methoxy groups -OCH3 is 1. The minimum absolute atomic E-state index is 0.543. The second-order valence-corrected chi connectivity index (χ2v) is 5.00. The van der Waals surface area contributed by atoms with Gasteiger partial charge in [-0.3, -0.25) is 0 Å². The standard InChI is InChI=1S/C17H18O/c1-4-13-14-7-5-11(2)9-16(14)17-10-12(18-3)6-8-15(13)17/h5-10,13H,4H2,1-3H3. The van der Waals surface area contributed by atoms with Crippen LogP contribution in [0.1, 0.15) is 36.0 Å². The molecule has 1 heteroatoms. The highest BCUT2D eigenvalue weighted by atomic mass is 16.5. The Bertz CT molecular complexity index is 599. The Morgan fingerprint density at radius 1 is 1.00 bits per heavy atom. The monoisotopic (exact) mass is 238 g/mol. The van der Waals surface area contributed by atoms with E-state index in [2.05, 4.69) is 50.2 Å². The molecule has 0 spiro atoms. The van der Waals surface area contributed by atoms with Crippen LogP contribution < -0.4 is 4.74 Å². The van der Waals surface area contributed by atoms with Crippen molar-refractivity contribution in [3.8, 4) is 16.9 Å². The van der Waals surface area contributed by atoms with Crippen molar-refractivity contribution in [1.82, 2.24) is 0 Å². The van der Waals surface area contributed by atoms with Gasteiger partial charge in [0.25, 0.3) is 0 Å². The first-order chi connectivity index (χ1) is 8.74. The smallest absolute Gasteiger partial charge is 0.119 e. The van der Waals surface area contributed by atoms with Crippen LogP contribution >= 0.6 is 0 Å². The Kier molecular flexibility index (Phi) is 2.62. The van der Waals surface area contributed by atoms with Gasteiger partial charge in [0.2, 0.25) is 0 Å². The van der Waals surface area contributed by atoms with E-state index >= 15 is 0 Å². The minimum Gasteiger partial charge on any atom is -0.497 e. The summed E-state index contributed by atoms with van der Waals surface area (Å²) in [5.41, 5.74) is 6.96. The molecule has 0 aliphatic heterocycles. The van der Waals surface area contributed by atoms with E-state index in [1.807, 2.05) is 0 Å². The fourth-order valence-corrected chi connectivity index (χ4v) is 3.01. The molecule has 0 N–H and O–H groups in total. The van der Waals surface area contributed by atoms with E-state index in [1.165, 1.54) is 27.8 Å². The van der Waals surface area contributed by atoms with Crippen LogP contribution in [-0.4, -0.2) is 7.11 Å². The summed E-state index contributed by atoms with van der Waals surface area (Å²) >= 11 is 0. The van der Waals surface area contributed by atoms with Gasteiger partial charge in [-0.1, -0.05) is 36.8 Å².